The third kappa shape index (κ3) is 7.32. The summed E-state index contributed by atoms with van der Waals surface area (Å²) in [6.45, 7) is 7.35. The maximum Gasteiger partial charge on any atom is 0.264 e. The largest absolute Gasteiger partial charge is 0.355 e. The van der Waals surface area contributed by atoms with E-state index in [2.05, 4.69) is 5.32 Å². The maximum atomic E-state index is 14.0. The summed E-state index contributed by atoms with van der Waals surface area (Å²) in [5.74, 6) is -0.866. The highest BCUT2D eigenvalue weighted by atomic mass is 35.5. The van der Waals surface area contributed by atoms with Crippen molar-refractivity contribution in [2.24, 2.45) is 0 Å². The molecule has 0 aliphatic heterocycles. The van der Waals surface area contributed by atoms with Crippen LogP contribution in [0.3, 0.4) is 0 Å². The van der Waals surface area contributed by atoms with Crippen LogP contribution in [0.15, 0.2) is 71.6 Å². The topological polar surface area (TPSA) is 86.8 Å². The molecule has 7 nitrogen and oxygen atoms in total. The van der Waals surface area contributed by atoms with Gasteiger partial charge in [0.1, 0.15) is 12.6 Å². The number of aryl methyl sites for hydroxylation is 2. The summed E-state index contributed by atoms with van der Waals surface area (Å²) in [6.07, 6.45) is 0.339. The van der Waals surface area contributed by atoms with Gasteiger partial charge < -0.3 is 10.2 Å². The Balaban J connectivity index is 2.10. The van der Waals surface area contributed by atoms with Crippen molar-refractivity contribution in [3.05, 3.63) is 93.5 Å². The number of anilines is 1. The van der Waals surface area contributed by atoms with Gasteiger partial charge in [0.15, 0.2) is 0 Å². The van der Waals surface area contributed by atoms with Gasteiger partial charge in [-0.05, 0) is 57.0 Å². The van der Waals surface area contributed by atoms with Crippen LogP contribution in [0, 0.1) is 13.8 Å². The van der Waals surface area contributed by atoms with Crippen LogP contribution in [0.25, 0.3) is 0 Å². The Morgan fingerprint density at radius 1 is 0.897 bits per heavy atom. The van der Waals surface area contributed by atoms with Crippen molar-refractivity contribution < 1.29 is 18.0 Å². The fraction of sp³-hybridized carbons (Fsp3) is 0.310. The van der Waals surface area contributed by atoms with E-state index in [1.165, 1.54) is 29.2 Å². The van der Waals surface area contributed by atoms with Crippen LogP contribution in [-0.4, -0.2) is 44.3 Å². The molecular formula is C29H33Cl2N3O4S. The summed E-state index contributed by atoms with van der Waals surface area (Å²) in [5.41, 5.74) is 2.82. The fourth-order valence-electron chi connectivity index (χ4n) is 4.14. The van der Waals surface area contributed by atoms with E-state index in [0.717, 1.165) is 21.0 Å². The number of nitrogens with zero attached hydrogens (tertiary/aromatic N) is 2. The van der Waals surface area contributed by atoms with Gasteiger partial charge in [-0.15, -0.1) is 0 Å². The lowest BCUT2D eigenvalue weighted by molar-refractivity contribution is -0.140. The molecule has 1 atom stereocenters. The zero-order chi connectivity index (χ0) is 28.7. The first-order chi connectivity index (χ1) is 18.5. The smallest absolute Gasteiger partial charge is 0.264 e. The molecule has 0 aromatic heterocycles. The van der Waals surface area contributed by atoms with E-state index in [4.69, 9.17) is 23.2 Å². The van der Waals surface area contributed by atoms with Crippen LogP contribution in [0.5, 0.6) is 0 Å². The number of hydrogen-bond donors (Lipinski definition) is 1. The minimum Gasteiger partial charge on any atom is -0.355 e. The fourth-order valence-corrected chi connectivity index (χ4v) is 6.01. The highest BCUT2D eigenvalue weighted by molar-refractivity contribution is 7.92. The molecular weight excluding hydrogens is 557 g/mol. The lowest BCUT2D eigenvalue weighted by Gasteiger charge is -2.33. The summed E-state index contributed by atoms with van der Waals surface area (Å²) in [5, 5.41) is 2.94. The normalized spacial score (nSPS) is 12.1. The van der Waals surface area contributed by atoms with Crippen molar-refractivity contribution in [2.45, 2.75) is 51.6 Å². The summed E-state index contributed by atoms with van der Waals surface area (Å²) in [4.78, 5) is 28.4. The molecule has 0 aliphatic carbocycles. The lowest BCUT2D eigenvalue weighted by atomic mass is 10.1. The van der Waals surface area contributed by atoms with Crippen molar-refractivity contribution >= 4 is 50.7 Å². The molecule has 0 heterocycles. The quantitative estimate of drug-likeness (QED) is 0.308. The van der Waals surface area contributed by atoms with Gasteiger partial charge in [-0.2, -0.15) is 0 Å². The molecule has 3 aromatic carbocycles. The number of amides is 2. The number of rotatable bonds is 11. The van der Waals surface area contributed by atoms with E-state index in [1.54, 1.807) is 25.1 Å². The third-order valence-corrected chi connectivity index (χ3v) is 8.88. The van der Waals surface area contributed by atoms with Gasteiger partial charge in [0.05, 0.1) is 20.6 Å². The van der Waals surface area contributed by atoms with Crippen LogP contribution in [-0.2, 0) is 26.2 Å². The van der Waals surface area contributed by atoms with Gasteiger partial charge in [0.2, 0.25) is 11.8 Å². The molecule has 0 bridgehead atoms. The molecule has 0 fully saturated rings. The molecule has 0 saturated heterocycles. The third-order valence-electron chi connectivity index (χ3n) is 6.30. The molecule has 0 unspecified atom stereocenters. The number of halogens is 2. The number of nitrogens with one attached hydrogen (secondary N) is 1. The summed E-state index contributed by atoms with van der Waals surface area (Å²) >= 11 is 12.7. The van der Waals surface area contributed by atoms with Crippen LogP contribution in [0.4, 0.5) is 5.69 Å². The van der Waals surface area contributed by atoms with Gasteiger partial charge in [-0.25, -0.2) is 8.42 Å². The van der Waals surface area contributed by atoms with E-state index in [1.807, 2.05) is 45.0 Å². The van der Waals surface area contributed by atoms with Gasteiger partial charge >= 0.3 is 0 Å². The molecule has 3 aromatic rings. The number of likely N-dealkylation sites (N-methyl/N-ethyl adjacent to an activating group) is 1. The van der Waals surface area contributed by atoms with E-state index in [9.17, 15) is 18.0 Å². The van der Waals surface area contributed by atoms with Crippen LogP contribution in [0.1, 0.15) is 37.0 Å². The average molecular weight is 591 g/mol. The number of carbonyl (C=O) groups is 2. The van der Waals surface area contributed by atoms with Crippen LogP contribution < -0.4 is 9.62 Å². The molecule has 1 N–H and O–H groups in total. The second-order valence-electron chi connectivity index (χ2n) is 9.22. The Bertz CT molecular complexity index is 1410. The average Bonchev–Trinajstić information content (AvgIpc) is 2.90. The summed E-state index contributed by atoms with van der Waals surface area (Å²) < 4.78 is 28.8. The molecule has 3 rings (SSSR count). The second-order valence-corrected chi connectivity index (χ2v) is 11.9. The molecule has 0 spiro atoms. The predicted octanol–water partition coefficient (Wildman–Crippen LogP) is 5.75. The predicted molar refractivity (Wildman–Crippen MR) is 157 cm³/mol. The minimum atomic E-state index is -4.24. The van der Waals surface area contributed by atoms with Gasteiger partial charge in [0, 0.05) is 13.1 Å². The highest BCUT2D eigenvalue weighted by Crippen LogP contribution is 2.35. The first kappa shape index (κ1) is 30.5. The molecule has 0 saturated carbocycles. The Hall–Kier alpha value is -3.07. The van der Waals surface area contributed by atoms with Crippen LogP contribution in [0.2, 0.25) is 10.0 Å². The van der Waals surface area contributed by atoms with E-state index >= 15 is 0 Å². The maximum absolute atomic E-state index is 14.0. The monoisotopic (exact) mass is 589 g/mol. The Labute approximate surface area is 240 Å². The van der Waals surface area contributed by atoms with Crippen LogP contribution >= 0.6 is 23.2 Å². The number of carbonyl (C=O) groups excluding carboxylic acids is 2. The number of sulfonamides is 1. The van der Waals surface area contributed by atoms with E-state index < -0.39 is 28.5 Å². The lowest BCUT2D eigenvalue weighted by Crippen LogP contribution is -2.52. The number of hydrogen-bond acceptors (Lipinski definition) is 4. The molecule has 0 radical (unpaired) electrons. The number of benzene rings is 3. The van der Waals surface area contributed by atoms with Crippen molar-refractivity contribution in [3.63, 3.8) is 0 Å². The Morgan fingerprint density at radius 3 is 2.05 bits per heavy atom. The summed E-state index contributed by atoms with van der Waals surface area (Å²) in [7, 11) is -4.24. The zero-order valence-corrected chi connectivity index (χ0v) is 24.8. The van der Waals surface area contributed by atoms with E-state index in [0.29, 0.717) is 13.0 Å². The zero-order valence-electron chi connectivity index (χ0n) is 22.4. The molecule has 2 amide bonds. The van der Waals surface area contributed by atoms with Crippen molar-refractivity contribution in [3.8, 4) is 0 Å². The minimum absolute atomic E-state index is 0.00204. The summed E-state index contributed by atoms with van der Waals surface area (Å²) in [6, 6.07) is 17.7. The molecule has 39 heavy (non-hydrogen) atoms. The standard InChI is InChI=1S/C29H33Cl2N3O4S/c1-5-25(29(36)32-6-2)33(18-22-14-10-20(3)11-15-22)27(35)19-34(26-9-7-8-24(30)28(26)31)39(37,38)23-16-12-21(4)13-17-23/h7-17,25H,5-6,18-19H2,1-4H3,(H,32,36)/t25-/m1/s1. The Morgan fingerprint density at radius 2 is 1.49 bits per heavy atom. The van der Waals surface area contributed by atoms with Crippen molar-refractivity contribution in [1.29, 1.82) is 0 Å². The van der Waals surface area contributed by atoms with Gasteiger partial charge in [-0.3, -0.25) is 13.9 Å². The molecule has 10 heteroatoms. The second kappa shape index (κ2) is 13.3. The molecule has 208 valence electrons. The van der Waals surface area contributed by atoms with Crippen molar-refractivity contribution in [1.82, 2.24) is 10.2 Å². The first-order valence-electron chi connectivity index (χ1n) is 12.7. The van der Waals surface area contributed by atoms with Crippen molar-refractivity contribution in [2.75, 3.05) is 17.4 Å². The van der Waals surface area contributed by atoms with Gasteiger partial charge in [-0.1, -0.05) is 83.7 Å². The highest BCUT2D eigenvalue weighted by Gasteiger charge is 2.34. The van der Waals surface area contributed by atoms with Gasteiger partial charge in [0.25, 0.3) is 10.0 Å². The van der Waals surface area contributed by atoms with E-state index in [-0.39, 0.29) is 33.1 Å². The SMILES string of the molecule is CCNC(=O)[C@@H](CC)N(Cc1ccc(C)cc1)C(=O)CN(c1cccc(Cl)c1Cl)S(=O)(=O)c1ccc(C)cc1. The first-order valence-corrected chi connectivity index (χ1v) is 14.8. The molecule has 0 aliphatic rings. The Kier molecular flexibility index (Phi) is 10.4.